The maximum absolute atomic E-state index is 6.32. The molecule has 27 heavy (non-hydrogen) atoms. The molecule has 0 atom stereocenters. The number of nitrogens with zero attached hydrogens (tertiary/aromatic N) is 2. The van der Waals surface area contributed by atoms with E-state index in [1.54, 1.807) is 0 Å². The Kier molecular flexibility index (Phi) is 4.02. The Bertz CT molecular complexity index is 1000. The molecular formula is C23H19ClN2O. The van der Waals surface area contributed by atoms with Crippen molar-refractivity contribution in [2.75, 3.05) is 29.6 Å². The number of hydrogen-bond donors (Lipinski definition) is 0. The van der Waals surface area contributed by atoms with Crippen molar-refractivity contribution in [1.82, 2.24) is 0 Å². The summed E-state index contributed by atoms with van der Waals surface area (Å²) in [6.45, 7) is 2.21. The molecule has 0 radical (unpaired) electrons. The van der Waals surface area contributed by atoms with Crippen molar-refractivity contribution >= 4 is 28.7 Å². The van der Waals surface area contributed by atoms with Gasteiger partial charge in [0, 0.05) is 34.1 Å². The Labute approximate surface area is 164 Å². The Morgan fingerprint density at radius 2 is 1.52 bits per heavy atom. The van der Waals surface area contributed by atoms with E-state index in [0.29, 0.717) is 6.61 Å². The van der Waals surface area contributed by atoms with Crippen LogP contribution in [0.15, 0.2) is 84.4 Å². The van der Waals surface area contributed by atoms with E-state index in [4.69, 9.17) is 16.3 Å². The molecule has 0 bridgehead atoms. The molecule has 0 amide bonds. The highest BCUT2D eigenvalue weighted by Gasteiger charge is 2.32. The summed E-state index contributed by atoms with van der Waals surface area (Å²) >= 11 is 6.32. The first-order chi connectivity index (χ1) is 13.3. The summed E-state index contributed by atoms with van der Waals surface area (Å²) in [6.07, 6.45) is 0. The fourth-order valence-electron chi connectivity index (χ4n) is 3.85. The van der Waals surface area contributed by atoms with E-state index in [1.807, 2.05) is 24.3 Å². The number of hydrogen-bond acceptors (Lipinski definition) is 3. The molecule has 3 aromatic carbocycles. The largest absolute Gasteiger partial charge is 0.488 e. The lowest BCUT2D eigenvalue weighted by molar-refractivity contribution is 0.340. The molecule has 0 unspecified atom stereocenters. The van der Waals surface area contributed by atoms with Crippen molar-refractivity contribution in [3.05, 3.63) is 95.0 Å². The van der Waals surface area contributed by atoms with Gasteiger partial charge in [-0.05, 0) is 42.5 Å². The van der Waals surface area contributed by atoms with Crippen LogP contribution < -0.4 is 14.5 Å². The molecule has 0 saturated carbocycles. The van der Waals surface area contributed by atoms with Crippen LogP contribution >= 0.6 is 11.6 Å². The summed E-state index contributed by atoms with van der Waals surface area (Å²) < 4.78 is 6.05. The summed E-state index contributed by atoms with van der Waals surface area (Å²) in [5, 5.41) is 0.726. The second kappa shape index (κ2) is 6.67. The van der Waals surface area contributed by atoms with E-state index in [2.05, 4.69) is 64.4 Å². The van der Waals surface area contributed by atoms with Crippen LogP contribution in [0, 0.1) is 0 Å². The summed E-state index contributed by atoms with van der Waals surface area (Å²) in [4.78, 5) is 4.74. The van der Waals surface area contributed by atoms with E-state index < -0.39 is 0 Å². The maximum atomic E-state index is 6.32. The average Bonchev–Trinajstić information content (AvgIpc) is 2.74. The van der Waals surface area contributed by atoms with Gasteiger partial charge >= 0.3 is 0 Å². The Morgan fingerprint density at radius 1 is 0.815 bits per heavy atom. The molecule has 0 spiro atoms. The molecule has 5 rings (SSSR count). The minimum Gasteiger partial charge on any atom is -0.488 e. The lowest BCUT2D eigenvalue weighted by Gasteiger charge is -2.43. The molecule has 2 aliphatic rings. The number of anilines is 2. The highest BCUT2D eigenvalue weighted by atomic mass is 35.5. The van der Waals surface area contributed by atoms with Crippen molar-refractivity contribution in [2.45, 2.75) is 0 Å². The topological polar surface area (TPSA) is 15.7 Å². The van der Waals surface area contributed by atoms with Crippen LogP contribution in [0.5, 0.6) is 5.75 Å². The quantitative estimate of drug-likeness (QED) is 0.595. The lowest BCUT2D eigenvalue weighted by atomic mass is 9.98. The van der Waals surface area contributed by atoms with Gasteiger partial charge in [0.05, 0.1) is 12.4 Å². The Hall–Kier alpha value is -2.91. The molecular weight excluding hydrogens is 356 g/mol. The van der Waals surface area contributed by atoms with Crippen LogP contribution in [-0.2, 0) is 0 Å². The van der Waals surface area contributed by atoms with E-state index in [-0.39, 0.29) is 0 Å². The first kappa shape index (κ1) is 16.3. The van der Waals surface area contributed by atoms with Crippen molar-refractivity contribution in [3.63, 3.8) is 0 Å². The molecule has 0 saturated heterocycles. The highest BCUT2D eigenvalue weighted by Crippen LogP contribution is 2.41. The van der Waals surface area contributed by atoms with E-state index in [1.165, 1.54) is 22.6 Å². The average molecular weight is 375 g/mol. The zero-order chi connectivity index (χ0) is 18.2. The molecule has 4 heteroatoms. The van der Waals surface area contributed by atoms with E-state index in [9.17, 15) is 0 Å². The minimum absolute atomic E-state index is 0.594. The van der Waals surface area contributed by atoms with Gasteiger partial charge in [-0.2, -0.15) is 0 Å². The van der Waals surface area contributed by atoms with Gasteiger partial charge in [-0.1, -0.05) is 48.0 Å². The van der Waals surface area contributed by atoms with Crippen molar-refractivity contribution in [1.29, 1.82) is 0 Å². The maximum Gasteiger partial charge on any atom is 0.129 e. The van der Waals surface area contributed by atoms with Gasteiger partial charge in [-0.15, -0.1) is 0 Å². The zero-order valence-electron chi connectivity index (χ0n) is 14.8. The first-order valence-corrected chi connectivity index (χ1v) is 9.45. The summed E-state index contributed by atoms with van der Waals surface area (Å²) in [7, 11) is 0. The zero-order valence-corrected chi connectivity index (χ0v) is 15.6. The van der Waals surface area contributed by atoms with Crippen LogP contribution in [0.4, 0.5) is 11.4 Å². The molecule has 0 aromatic heterocycles. The predicted octanol–water partition coefficient (Wildman–Crippen LogP) is 5.43. The monoisotopic (exact) mass is 374 g/mol. The SMILES string of the molecule is Clc1ccc2c(c1)C1=C(CO2)CN(c2ccccc2)CN1c1ccccc1. The normalized spacial score (nSPS) is 15.9. The molecule has 2 heterocycles. The molecule has 0 N–H and O–H groups in total. The number of benzene rings is 3. The second-order valence-electron chi connectivity index (χ2n) is 6.82. The third-order valence-electron chi connectivity index (χ3n) is 5.09. The molecule has 134 valence electrons. The molecule has 2 aliphatic heterocycles. The molecule has 0 aliphatic carbocycles. The fraction of sp³-hybridized carbons (Fsp3) is 0.130. The van der Waals surface area contributed by atoms with Gasteiger partial charge in [0.2, 0.25) is 0 Å². The van der Waals surface area contributed by atoms with E-state index in [0.717, 1.165) is 29.5 Å². The van der Waals surface area contributed by atoms with Gasteiger partial charge < -0.3 is 14.5 Å². The van der Waals surface area contributed by atoms with Crippen LogP contribution in [0.2, 0.25) is 5.02 Å². The number of ether oxygens (including phenoxy) is 1. The van der Waals surface area contributed by atoms with Crippen LogP contribution in [0.1, 0.15) is 5.56 Å². The van der Waals surface area contributed by atoms with Crippen molar-refractivity contribution in [3.8, 4) is 5.75 Å². The number of halogens is 1. The van der Waals surface area contributed by atoms with Crippen molar-refractivity contribution < 1.29 is 4.74 Å². The van der Waals surface area contributed by atoms with Crippen LogP contribution in [0.3, 0.4) is 0 Å². The third kappa shape index (κ3) is 2.94. The lowest BCUT2D eigenvalue weighted by Crippen LogP contribution is -2.45. The Morgan fingerprint density at radius 3 is 2.26 bits per heavy atom. The molecule has 3 nitrogen and oxygen atoms in total. The summed E-state index contributed by atoms with van der Waals surface area (Å²) in [5.74, 6) is 0.896. The highest BCUT2D eigenvalue weighted by molar-refractivity contribution is 6.30. The van der Waals surface area contributed by atoms with Crippen molar-refractivity contribution in [2.24, 2.45) is 0 Å². The standard InChI is InChI=1S/C23H19ClN2O/c24-18-11-12-22-21(13-18)23-17(15-27-22)14-25(19-7-3-1-4-8-19)16-26(23)20-9-5-2-6-10-20/h1-13H,14-16H2. The number of para-hydroxylation sites is 2. The summed E-state index contributed by atoms with van der Waals surface area (Å²) in [6, 6.07) is 26.9. The van der Waals surface area contributed by atoms with Crippen LogP contribution in [0.25, 0.3) is 5.70 Å². The van der Waals surface area contributed by atoms with Gasteiger partial charge in [0.15, 0.2) is 0 Å². The summed E-state index contributed by atoms with van der Waals surface area (Å²) in [5.41, 5.74) is 5.93. The van der Waals surface area contributed by atoms with Gasteiger partial charge in [-0.3, -0.25) is 0 Å². The van der Waals surface area contributed by atoms with Gasteiger partial charge in [0.25, 0.3) is 0 Å². The Balaban J connectivity index is 1.66. The predicted molar refractivity (Wildman–Crippen MR) is 111 cm³/mol. The fourth-order valence-corrected chi connectivity index (χ4v) is 4.02. The number of fused-ring (bicyclic) bond motifs is 2. The second-order valence-corrected chi connectivity index (χ2v) is 7.26. The van der Waals surface area contributed by atoms with E-state index >= 15 is 0 Å². The first-order valence-electron chi connectivity index (χ1n) is 9.07. The van der Waals surface area contributed by atoms with Gasteiger partial charge in [-0.25, -0.2) is 0 Å². The molecule has 0 fully saturated rings. The van der Waals surface area contributed by atoms with Crippen LogP contribution in [-0.4, -0.2) is 19.8 Å². The van der Waals surface area contributed by atoms with Gasteiger partial charge in [0.1, 0.15) is 12.4 Å². The number of rotatable bonds is 2. The third-order valence-corrected chi connectivity index (χ3v) is 5.32. The molecule has 3 aromatic rings. The minimum atomic E-state index is 0.594. The smallest absolute Gasteiger partial charge is 0.129 e.